The number of carbonyl (C=O) groups is 2. The fourth-order valence-electron chi connectivity index (χ4n) is 3.58. The van der Waals surface area contributed by atoms with Gasteiger partial charge in [-0.15, -0.1) is 0 Å². The van der Waals surface area contributed by atoms with Crippen LogP contribution in [0.4, 0.5) is 4.79 Å². The molecule has 1 unspecified atom stereocenters. The first kappa shape index (κ1) is 19.6. The highest BCUT2D eigenvalue weighted by molar-refractivity contribution is 5.86. The first-order valence-corrected chi connectivity index (χ1v) is 9.72. The summed E-state index contributed by atoms with van der Waals surface area (Å²) in [5.74, 6) is 0.757. The molecule has 0 aliphatic carbocycles. The summed E-state index contributed by atoms with van der Waals surface area (Å²) in [5.41, 5.74) is 1.46. The van der Waals surface area contributed by atoms with Crippen molar-refractivity contribution in [2.45, 2.75) is 31.5 Å². The summed E-state index contributed by atoms with van der Waals surface area (Å²) in [4.78, 5) is 26.8. The van der Waals surface area contributed by atoms with Crippen LogP contribution < -0.4 is 14.8 Å². The second-order valence-corrected chi connectivity index (χ2v) is 7.08. The monoisotopic (exact) mass is 407 g/mol. The third-order valence-electron chi connectivity index (χ3n) is 5.14. The van der Waals surface area contributed by atoms with Crippen molar-refractivity contribution in [3.05, 3.63) is 59.7 Å². The molecule has 1 fully saturated rings. The van der Waals surface area contributed by atoms with Crippen LogP contribution in [0.15, 0.2) is 48.5 Å². The van der Waals surface area contributed by atoms with E-state index >= 15 is 0 Å². The quantitative estimate of drug-likeness (QED) is 0.818. The number of hydrogen-bond donors (Lipinski definition) is 1. The van der Waals surface area contributed by atoms with E-state index in [1.807, 2.05) is 30.3 Å². The summed E-state index contributed by atoms with van der Waals surface area (Å²) >= 11 is 0. The number of ether oxygens (including phenoxy) is 3. The smallest absolute Gasteiger partial charge is 0.410 e. The van der Waals surface area contributed by atoms with Crippen LogP contribution in [0.5, 0.6) is 11.5 Å². The zero-order valence-electron chi connectivity index (χ0n) is 16.2. The lowest BCUT2D eigenvalue weighted by Crippen LogP contribution is -2.46. The van der Waals surface area contributed by atoms with Crippen molar-refractivity contribution < 1.29 is 23.8 Å². The molecule has 0 radical (unpaired) electrons. The standard InChI is InChI=1S/C22H21N3O5/c23-12-17(16-8-9-19-20(11-16)30-14-29-19)24-21(26)18-7-4-10-25(18)22(27)28-13-15-5-2-1-3-6-15/h1-3,5-6,8-9,11,17-18H,4,7,10,13-14H2,(H,24,26)/t17?,18-/m0/s1. The van der Waals surface area contributed by atoms with E-state index in [0.717, 1.165) is 5.56 Å². The molecule has 2 atom stereocenters. The number of rotatable bonds is 5. The maximum atomic E-state index is 12.8. The Morgan fingerprint density at radius 1 is 1.20 bits per heavy atom. The van der Waals surface area contributed by atoms with Crippen molar-refractivity contribution in [3.8, 4) is 17.6 Å². The number of likely N-dealkylation sites (tertiary alicyclic amines) is 1. The Morgan fingerprint density at radius 2 is 2.00 bits per heavy atom. The summed E-state index contributed by atoms with van der Waals surface area (Å²) in [5, 5.41) is 12.3. The van der Waals surface area contributed by atoms with Crippen molar-refractivity contribution in [3.63, 3.8) is 0 Å². The zero-order chi connectivity index (χ0) is 20.9. The molecule has 1 saturated heterocycles. The molecule has 2 aromatic rings. The van der Waals surface area contributed by atoms with E-state index in [4.69, 9.17) is 14.2 Å². The predicted molar refractivity (Wildman–Crippen MR) is 105 cm³/mol. The second kappa shape index (κ2) is 8.74. The number of benzene rings is 2. The number of nitrogens with one attached hydrogen (secondary N) is 1. The van der Waals surface area contributed by atoms with Gasteiger partial charge in [-0.3, -0.25) is 9.69 Å². The first-order valence-electron chi connectivity index (χ1n) is 9.72. The minimum Gasteiger partial charge on any atom is -0.454 e. The Balaban J connectivity index is 1.39. The van der Waals surface area contributed by atoms with Crippen LogP contribution in [0.1, 0.15) is 30.0 Å². The van der Waals surface area contributed by atoms with Gasteiger partial charge < -0.3 is 19.5 Å². The number of carbonyl (C=O) groups excluding carboxylic acids is 2. The van der Waals surface area contributed by atoms with E-state index in [2.05, 4.69) is 11.4 Å². The molecular weight excluding hydrogens is 386 g/mol. The summed E-state index contributed by atoms with van der Waals surface area (Å²) in [6, 6.07) is 15.0. The van der Waals surface area contributed by atoms with Crippen LogP contribution in [0.25, 0.3) is 0 Å². The average molecular weight is 407 g/mol. The SMILES string of the molecule is N#CC(NC(=O)[C@@H]1CCCN1C(=O)OCc1ccccc1)c1ccc2c(c1)OCO2. The molecule has 154 valence electrons. The van der Waals surface area contributed by atoms with Gasteiger partial charge in [0.1, 0.15) is 18.7 Å². The van der Waals surface area contributed by atoms with Crippen molar-refractivity contribution in [2.24, 2.45) is 0 Å². The van der Waals surface area contributed by atoms with Gasteiger partial charge in [0, 0.05) is 6.54 Å². The van der Waals surface area contributed by atoms with Crippen molar-refractivity contribution in [1.82, 2.24) is 10.2 Å². The van der Waals surface area contributed by atoms with Gasteiger partial charge in [0.15, 0.2) is 11.5 Å². The highest BCUT2D eigenvalue weighted by Gasteiger charge is 2.36. The van der Waals surface area contributed by atoms with Crippen molar-refractivity contribution >= 4 is 12.0 Å². The first-order chi connectivity index (χ1) is 14.7. The molecule has 0 bridgehead atoms. The van der Waals surface area contributed by atoms with E-state index < -0.39 is 18.2 Å². The van der Waals surface area contributed by atoms with Crippen LogP contribution in [0, 0.1) is 11.3 Å². The summed E-state index contributed by atoms with van der Waals surface area (Å²) < 4.78 is 16.0. The molecule has 8 heteroatoms. The molecule has 2 aliphatic rings. The van der Waals surface area contributed by atoms with Gasteiger partial charge in [0.25, 0.3) is 0 Å². The van der Waals surface area contributed by atoms with Crippen molar-refractivity contribution in [2.75, 3.05) is 13.3 Å². The molecule has 2 aliphatic heterocycles. The van der Waals surface area contributed by atoms with E-state index in [1.54, 1.807) is 18.2 Å². The maximum Gasteiger partial charge on any atom is 0.410 e. The third kappa shape index (κ3) is 4.15. The van der Waals surface area contributed by atoms with Gasteiger partial charge in [-0.25, -0.2) is 4.79 Å². The topological polar surface area (TPSA) is 101 Å². The Bertz CT molecular complexity index is 972. The molecular formula is C22H21N3O5. The van der Waals surface area contributed by atoms with Gasteiger partial charge in [0.2, 0.25) is 12.7 Å². The fourth-order valence-corrected chi connectivity index (χ4v) is 3.58. The normalized spacial score (nSPS) is 17.8. The number of nitrogens with zero attached hydrogens (tertiary/aromatic N) is 2. The highest BCUT2D eigenvalue weighted by atomic mass is 16.7. The molecule has 2 amide bonds. The molecule has 0 saturated carbocycles. The second-order valence-electron chi connectivity index (χ2n) is 7.08. The van der Waals surface area contributed by atoms with Gasteiger partial charge >= 0.3 is 6.09 Å². The third-order valence-corrected chi connectivity index (χ3v) is 5.14. The van der Waals surface area contributed by atoms with Gasteiger partial charge in [-0.05, 0) is 36.1 Å². The minimum absolute atomic E-state index is 0.129. The Labute approximate surface area is 173 Å². The number of nitriles is 1. The van der Waals surface area contributed by atoms with Crippen molar-refractivity contribution in [1.29, 1.82) is 5.26 Å². The van der Waals surface area contributed by atoms with Crippen LogP contribution in [0.3, 0.4) is 0 Å². The number of amides is 2. The lowest BCUT2D eigenvalue weighted by atomic mass is 10.1. The average Bonchev–Trinajstić information content (AvgIpc) is 3.45. The minimum atomic E-state index is -0.866. The highest BCUT2D eigenvalue weighted by Crippen LogP contribution is 2.34. The van der Waals surface area contributed by atoms with E-state index in [9.17, 15) is 14.9 Å². The van der Waals surface area contributed by atoms with E-state index in [-0.39, 0.29) is 19.3 Å². The molecule has 1 N–H and O–H groups in total. The Morgan fingerprint density at radius 3 is 2.80 bits per heavy atom. The van der Waals surface area contributed by atoms with E-state index in [1.165, 1.54) is 4.90 Å². The molecule has 0 spiro atoms. The van der Waals surface area contributed by atoms with Gasteiger partial charge in [-0.2, -0.15) is 5.26 Å². The summed E-state index contributed by atoms with van der Waals surface area (Å²) in [6.45, 7) is 0.708. The molecule has 4 rings (SSSR count). The summed E-state index contributed by atoms with van der Waals surface area (Å²) in [6.07, 6.45) is 0.679. The summed E-state index contributed by atoms with van der Waals surface area (Å²) in [7, 11) is 0. The van der Waals surface area contributed by atoms with Crippen LogP contribution in [0.2, 0.25) is 0 Å². The van der Waals surface area contributed by atoms with Gasteiger partial charge in [0.05, 0.1) is 6.07 Å². The van der Waals surface area contributed by atoms with Crippen LogP contribution in [-0.4, -0.2) is 36.3 Å². The molecule has 30 heavy (non-hydrogen) atoms. The maximum absolute atomic E-state index is 12.8. The lowest BCUT2D eigenvalue weighted by molar-refractivity contribution is -0.125. The lowest BCUT2D eigenvalue weighted by Gasteiger charge is -2.24. The van der Waals surface area contributed by atoms with Gasteiger partial charge in [-0.1, -0.05) is 36.4 Å². The zero-order valence-corrected chi connectivity index (χ0v) is 16.2. The predicted octanol–water partition coefficient (Wildman–Crippen LogP) is 2.90. The molecule has 0 aromatic heterocycles. The van der Waals surface area contributed by atoms with Crippen LogP contribution >= 0.6 is 0 Å². The Hall–Kier alpha value is -3.73. The Kier molecular flexibility index (Phi) is 5.70. The molecule has 8 nitrogen and oxygen atoms in total. The fraction of sp³-hybridized carbons (Fsp3) is 0.318. The molecule has 2 aromatic carbocycles. The number of hydrogen-bond acceptors (Lipinski definition) is 6. The largest absolute Gasteiger partial charge is 0.454 e. The number of fused-ring (bicyclic) bond motifs is 1. The molecule has 2 heterocycles. The van der Waals surface area contributed by atoms with Crippen LogP contribution in [-0.2, 0) is 16.1 Å². The van der Waals surface area contributed by atoms with E-state index in [0.29, 0.717) is 36.4 Å².